The van der Waals surface area contributed by atoms with Gasteiger partial charge in [-0.1, -0.05) is 31.2 Å². The van der Waals surface area contributed by atoms with Crippen LogP contribution in [0, 0.1) is 37.5 Å². The summed E-state index contributed by atoms with van der Waals surface area (Å²) in [5, 5.41) is 12.2. The van der Waals surface area contributed by atoms with Crippen LogP contribution in [0.1, 0.15) is 37.8 Å². The first-order valence-electron chi connectivity index (χ1n) is 11.4. The number of unbranched alkanes of at least 4 members (excludes halogenated alkanes) is 1. The second kappa shape index (κ2) is 10.3. The Kier molecular flexibility index (Phi) is 7.72. The molecule has 0 bridgehead atoms. The first-order valence-corrected chi connectivity index (χ1v) is 11.4. The second-order valence-electron chi connectivity index (χ2n) is 8.84. The predicted octanol–water partition coefficient (Wildman–Crippen LogP) is 2.84. The number of aryl methyl sites for hydroxylation is 2. The summed E-state index contributed by atoms with van der Waals surface area (Å²) >= 11 is 0. The number of benzene rings is 1. The number of likely N-dealkylation sites (tertiary alicyclic amines) is 1. The van der Waals surface area contributed by atoms with Crippen molar-refractivity contribution in [3.05, 3.63) is 41.5 Å². The van der Waals surface area contributed by atoms with Gasteiger partial charge in [0.25, 0.3) is 0 Å². The maximum atomic E-state index is 13.5. The van der Waals surface area contributed by atoms with Crippen molar-refractivity contribution in [2.45, 2.75) is 46.6 Å². The Morgan fingerprint density at radius 3 is 2.62 bits per heavy atom. The SMILES string of the molecule is CCOC(=O)[C@H]1[C@@H]2C(=O)N(CCCCO)[C@H](C(=O)Nc3cc(C)ccc3C)[C@H]2C=C[C@H]1C. The number of carbonyl (C=O) groups excluding carboxylic acids is 3. The lowest BCUT2D eigenvalue weighted by atomic mass is 9.70. The fraction of sp³-hybridized carbons (Fsp3) is 0.560. The summed E-state index contributed by atoms with van der Waals surface area (Å²) in [6, 6.07) is 5.13. The number of amides is 2. The molecule has 32 heavy (non-hydrogen) atoms. The van der Waals surface area contributed by atoms with Gasteiger partial charge in [-0.3, -0.25) is 14.4 Å². The van der Waals surface area contributed by atoms with E-state index < -0.39 is 29.8 Å². The molecule has 1 aromatic rings. The van der Waals surface area contributed by atoms with Crippen molar-refractivity contribution < 1.29 is 24.2 Å². The molecule has 0 saturated carbocycles. The van der Waals surface area contributed by atoms with Gasteiger partial charge in [-0.2, -0.15) is 0 Å². The first kappa shape index (κ1) is 24.0. The topological polar surface area (TPSA) is 95.9 Å². The number of hydrogen-bond donors (Lipinski definition) is 2. The summed E-state index contributed by atoms with van der Waals surface area (Å²) < 4.78 is 5.29. The van der Waals surface area contributed by atoms with Gasteiger partial charge in [-0.25, -0.2) is 0 Å². The van der Waals surface area contributed by atoms with Crippen LogP contribution in [-0.4, -0.2) is 53.6 Å². The second-order valence-corrected chi connectivity index (χ2v) is 8.84. The molecule has 7 nitrogen and oxygen atoms in total. The molecule has 0 radical (unpaired) electrons. The average molecular weight is 443 g/mol. The predicted molar refractivity (Wildman–Crippen MR) is 122 cm³/mol. The van der Waals surface area contributed by atoms with Gasteiger partial charge in [0, 0.05) is 24.8 Å². The van der Waals surface area contributed by atoms with Crippen molar-refractivity contribution >= 4 is 23.5 Å². The van der Waals surface area contributed by atoms with E-state index in [4.69, 9.17) is 4.74 Å². The Hall–Kier alpha value is -2.67. The summed E-state index contributed by atoms with van der Waals surface area (Å²) in [4.78, 5) is 41.4. The highest BCUT2D eigenvalue weighted by Crippen LogP contribution is 2.44. The Morgan fingerprint density at radius 1 is 1.19 bits per heavy atom. The molecule has 1 aliphatic carbocycles. The van der Waals surface area contributed by atoms with Gasteiger partial charge >= 0.3 is 5.97 Å². The number of allylic oxidation sites excluding steroid dienone is 1. The largest absolute Gasteiger partial charge is 0.466 e. The molecule has 5 atom stereocenters. The first-order chi connectivity index (χ1) is 15.3. The van der Waals surface area contributed by atoms with Gasteiger partial charge in [-0.05, 0) is 56.7 Å². The molecule has 3 rings (SSSR count). The number of hydrogen-bond acceptors (Lipinski definition) is 5. The molecular formula is C25H34N2O5. The molecule has 1 aromatic carbocycles. The zero-order chi connectivity index (χ0) is 23.4. The normalized spacial score (nSPS) is 26.7. The van der Waals surface area contributed by atoms with E-state index in [1.54, 1.807) is 11.8 Å². The lowest BCUT2D eigenvalue weighted by Crippen LogP contribution is -2.44. The molecular weight excluding hydrogens is 408 g/mol. The minimum atomic E-state index is -0.716. The molecule has 1 heterocycles. The van der Waals surface area contributed by atoms with Crippen LogP contribution in [0.2, 0.25) is 0 Å². The molecule has 174 valence electrons. The maximum Gasteiger partial charge on any atom is 0.310 e. The van der Waals surface area contributed by atoms with Crippen molar-refractivity contribution in [1.29, 1.82) is 0 Å². The number of rotatable bonds is 8. The number of aliphatic hydroxyl groups excluding tert-OH is 1. The third-order valence-electron chi connectivity index (χ3n) is 6.56. The third-order valence-corrected chi connectivity index (χ3v) is 6.56. The number of fused-ring (bicyclic) bond motifs is 1. The standard InChI is InChI=1S/C25H34N2O5/c1-5-32-25(31)20-17(4)10-11-18-21(20)24(30)27(12-6-7-13-28)22(18)23(29)26-19-14-15(2)8-9-16(19)3/h8-11,14,17-18,20-22,28H,5-7,12-13H2,1-4H3,(H,26,29)/t17-,18+,20-,21-,22+/m1/s1. The highest BCUT2D eigenvalue weighted by Gasteiger charge is 2.56. The zero-order valence-corrected chi connectivity index (χ0v) is 19.3. The lowest BCUT2D eigenvalue weighted by Gasteiger charge is -2.32. The molecule has 2 amide bonds. The summed E-state index contributed by atoms with van der Waals surface area (Å²) in [5.41, 5.74) is 2.69. The molecule has 2 aliphatic rings. The van der Waals surface area contributed by atoms with E-state index in [0.717, 1.165) is 16.8 Å². The summed E-state index contributed by atoms with van der Waals surface area (Å²) in [6.07, 6.45) is 4.96. The van der Waals surface area contributed by atoms with Gasteiger partial charge in [0.2, 0.25) is 11.8 Å². The molecule has 7 heteroatoms. The van der Waals surface area contributed by atoms with Crippen LogP contribution >= 0.6 is 0 Å². The van der Waals surface area contributed by atoms with Gasteiger partial charge < -0.3 is 20.1 Å². The summed E-state index contributed by atoms with van der Waals surface area (Å²) in [7, 11) is 0. The Labute approximate surface area is 189 Å². The van der Waals surface area contributed by atoms with Crippen LogP contribution in [0.15, 0.2) is 30.4 Å². The van der Waals surface area contributed by atoms with E-state index in [1.807, 2.05) is 51.1 Å². The van der Waals surface area contributed by atoms with Gasteiger partial charge in [0.1, 0.15) is 6.04 Å². The number of nitrogens with one attached hydrogen (secondary N) is 1. The zero-order valence-electron chi connectivity index (χ0n) is 19.3. The van der Waals surface area contributed by atoms with Gasteiger partial charge in [-0.15, -0.1) is 0 Å². The number of esters is 1. The van der Waals surface area contributed by atoms with Crippen molar-refractivity contribution in [3.8, 4) is 0 Å². The van der Waals surface area contributed by atoms with Gasteiger partial charge in [0.05, 0.1) is 18.4 Å². The van der Waals surface area contributed by atoms with Crippen LogP contribution < -0.4 is 5.32 Å². The van der Waals surface area contributed by atoms with E-state index in [2.05, 4.69) is 5.32 Å². The van der Waals surface area contributed by atoms with Crippen LogP contribution in [0.25, 0.3) is 0 Å². The Balaban J connectivity index is 1.94. The molecule has 0 spiro atoms. The van der Waals surface area contributed by atoms with Crippen LogP contribution in [0.5, 0.6) is 0 Å². The fourth-order valence-corrected chi connectivity index (χ4v) is 4.90. The number of aliphatic hydroxyl groups is 1. The Bertz CT molecular complexity index is 896. The highest BCUT2D eigenvalue weighted by molar-refractivity contribution is 6.02. The van der Waals surface area contributed by atoms with E-state index in [0.29, 0.717) is 19.4 Å². The average Bonchev–Trinajstić information content (AvgIpc) is 3.03. The molecule has 0 unspecified atom stereocenters. The van der Waals surface area contributed by atoms with E-state index in [1.165, 1.54) is 0 Å². The van der Waals surface area contributed by atoms with Crippen LogP contribution in [0.3, 0.4) is 0 Å². The van der Waals surface area contributed by atoms with Crippen molar-refractivity contribution in [2.75, 3.05) is 25.1 Å². The minimum Gasteiger partial charge on any atom is -0.466 e. The summed E-state index contributed by atoms with van der Waals surface area (Å²) in [5.74, 6) is -2.65. The smallest absolute Gasteiger partial charge is 0.310 e. The van der Waals surface area contributed by atoms with E-state index in [-0.39, 0.29) is 30.9 Å². The van der Waals surface area contributed by atoms with Crippen LogP contribution in [0.4, 0.5) is 5.69 Å². The summed E-state index contributed by atoms with van der Waals surface area (Å²) in [6.45, 7) is 8.16. The number of ether oxygens (including phenoxy) is 1. The number of anilines is 1. The molecule has 1 aliphatic heterocycles. The van der Waals surface area contributed by atoms with Crippen molar-refractivity contribution in [2.24, 2.45) is 23.7 Å². The van der Waals surface area contributed by atoms with E-state index >= 15 is 0 Å². The van der Waals surface area contributed by atoms with Crippen molar-refractivity contribution in [1.82, 2.24) is 4.90 Å². The molecule has 0 aromatic heterocycles. The lowest BCUT2D eigenvalue weighted by molar-refractivity contribution is -0.155. The molecule has 1 saturated heterocycles. The minimum absolute atomic E-state index is 0.0244. The quantitative estimate of drug-likeness (QED) is 0.367. The van der Waals surface area contributed by atoms with Crippen LogP contribution in [-0.2, 0) is 19.1 Å². The third kappa shape index (κ3) is 4.72. The molecule has 2 N–H and O–H groups in total. The van der Waals surface area contributed by atoms with Crippen molar-refractivity contribution in [3.63, 3.8) is 0 Å². The number of nitrogens with zero attached hydrogens (tertiary/aromatic N) is 1. The maximum absolute atomic E-state index is 13.5. The molecule has 1 fully saturated rings. The number of carbonyl (C=O) groups is 3. The highest BCUT2D eigenvalue weighted by atomic mass is 16.5. The monoisotopic (exact) mass is 442 g/mol. The van der Waals surface area contributed by atoms with Gasteiger partial charge in [0.15, 0.2) is 0 Å². The Morgan fingerprint density at radius 2 is 1.94 bits per heavy atom. The van der Waals surface area contributed by atoms with E-state index in [9.17, 15) is 19.5 Å². The fourth-order valence-electron chi connectivity index (χ4n) is 4.90.